The zero-order valence-electron chi connectivity index (χ0n) is 14.9. The Balaban J connectivity index is 1.32. The Bertz CT molecular complexity index is 774. The van der Waals surface area contributed by atoms with E-state index >= 15 is 0 Å². The van der Waals surface area contributed by atoms with E-state index in [1.165, 1.54) is 12.1 Å². The molecule has 1 amide bonds. The normalized spacial score (nSPS) is 24.5. The Kier molecular flexibility index (Phi) is 4.34. The van der Waals surface area contributed by atoms with Crippen molar-refractivity contribution in [2.75, 3.05) is 25.0 Å². The van der Waals surface area contributed by atoms with Crippen molar-refractivity contribution >= 4 is 11.7 Å². The summed E-state index contributed by atoms with van der Waals surface area (Å²) < 4.78 is 13.0. The number of carbonyl (C=O) groups excluding carboxylic acids is 1. The number of nitrogens with zero attached hydrogens (tertiary/aromatic N) is 4. The summed E-state index contributed by atoms with van der Waals surface area (Å²) in [6.07, 6.45) is 6.93. The Morgan fingerprint density at radius 3 is 2.77 bits per heavy atom. The number of likely N-dealkylation sites (tertiary alicyclic amines) is 1. The SMILES string of the molecule is CN(c1ccncn1)C1CC2(CCN(C(=O)Cc3ccc(F)cc3)C2)C1. The van der Waals surface area contributed by atoms with E-state index in [-0.39, 0.29) is 17.1 Å². The number of carbonyl (C=O) groups is 1. The monoisotopic (exact) mass is 354 g/mol. The number of amides is 1. The maximum Gasteiger partial charge on any atom is 0.227 e. The van der Waals surface area contributed by atoms with Gasteiger partial charge in [0.05, 0.1) is 6.42 Å². The van der Waals surface area contributed by atoms with Crippen LogP contribution >= 0.6 is 0 Å². The first-order valence-electron chi connectivity index (χ1n) is 9.06. The number of halogens is 1. The molecule has 2 aromatic rings. The van der Waals surface area contributed by atoms with Gasteiger partial charge in [0, 0.05) is 32.4 Å². The lowest BCUT2D eigenvalue weighted by molar-refractivity contribution is -0.130. The van der Waals surface area contributed by atoms with E-state index in [9.17, 15) is 9.18 Å². The van der Waals surface area contributed by atoms with Crippen LogP contribution in [0.1, 0.15) is 24.8 Å². The minimum atomic E-state index is -0.269. The third kappa shape index (κ3) is 3.28. The summed E-state index contributed by atoms with van der Waals surface area (Å²) in [5, 5.41) is 0. The lowest BCUT2D eigenvalue weighted by atomic mass is 9.64. The largest absolute Gasteiger partial charge is 0.357 e. The molecule has 0 radical (unpaired) electrons. The molecule has 4 rings (SSSR count). The number of hydrogen-bond acceptors (Lipinski definition) is 4. The summed E-state index contributed by atoms with van der Waals surface area (Å²) in [5.41, 5.74) is 1.12. The van der Waals surface area contributed by atoms with E-state index in [0.29, 0.717) is 12.5 Å². The van der Waals surface area contributed by atoms with Crippen LogP contribution in [0.5, 0.6) is 0 Å². The van der Waals surface area contributed by atoms with Gasteiger partial charge in [0.2, 0.25) is 5.91 Å². The van der Waals surface area contributed by atoms with Crippen LogP contribution in [0, 0.1) is 11.2 Å². The quantitative estimate of drug-likeness (QED) is 0.847. The van der Waals surface area contributed by atoms with Crippen LogP contribution in [0.15, 0.2) is 42.9 Å². The molecule has 2 heterocycles. The molecular weight excluding hydrogens is 331 g/mol. The highest BCUT2D eigenvalue weighted by Crippen LogP contribution is 2.50. The average molecular weight is 354 g/mol. The Morgan fingerprint density at radius 2 is 2.08 bits per heavy atom. The molecule has 136 valence electrons. The highest BCUT2D eigenvalue weighted by atomic mass is 19.1. The molecule has 0 atom stereocenters. The van der Waals surface area contributed by atoms with Gasteiger partial charge >= 0.3 is 0 Å². The molecule has 0 unspecified atom stereocenters. The number of benzene rings is 1. The molecule has 1 spiro atoms. The zero-order valence-corrected chi connectivity index (χ0v) is 14.9. The molecule has 1 aliphatic heterocycles. The highest BCUT2D eigenvalue weighted by molar-refractivity contribution is 5.79. The molecule has 1 aromatic carbocycles. The summed E-state index contributed by atoms with van der Waals surface area (Å²) in [6, 6.07) is 8.60. The molecule has 2 aliphatic rings. The van der Waals surface area contributed by atoms with E-state index in [1.54, 1.807) is 24.7 Å². The van der Waals surface area contributed by atoms with Crippen molar-refractivity contribution in [3.05, 3.63) is 54.2 Å². The fraction of sp³-hybridized carbons (Fsp3) is 0.450. The topological polar surface area (TPSA) is 49.3 Å². The molecule has 1 saturated carbocycles. The van der Waals surface area contributed by atoms with Crippen LogP contribution in [-0.4, -0.2) is 47.0 Å². The lowest BCUT2D eigenvalue weighted by Gasteiger charge is -2.49. The fourth-order valence-electron chi connectivity index (χ4n) is 4.26. The van der Waals surface area contributed by atoms with E-state index in [0.717, 1.165) is 43.7 Å². The summed E-state index contributed by atoms with van der Waals surface area (Å²) >= 11 is 0. The van der Waals surface area contributed by atoms with Gasteiger partial charge in [-0.15, -0.1) is 0 Å². The van der Waals surface area contributed by atoms with Crippen LogP contribution in [0.4, 0.5) is 10.2 Å². The van der Waals surface area contributed by atoms with Gasteiger partial charge < -0.3 is 9.80 Å². The highest BCUT2D eigenvalue weighted by Gasteiger charge is 2.50. The lowest BCUT2D eigenvalue weighted by Crippen LogP contribution is -2.51. The van der Waals surface area contributed by atoms with Crippen molar-refractivity contribution in [1.29, 1.82) is 0 Å². The predicted molar refractivity (Wildman–Crippen MR) is 97.2 cm³/mol. The van der Waals surface area contributed by atoms with Crippen LogP contribution in [0.25, 0.3) is 0 Å². The maximum atomic E-state index is 13.0. The van der Waals surface area contributed by atoms with E-state index < -0.39 is 0 Å². The molecule has 26 heavy (non-hydrogen) atoms. The smallest absolute Gasteiger partial charge is 0.227 e. The standard InChI is InChI=1S/C20H23FN4O/c1-24(18-6-8-22-14-23-18)17-11-20(12-17)7-9-25(13-20)19(26)10-15-2-4-16(21)5-3-15/h2-6,8,14,17H,7,9-13H2,1H3. The molecule has 0 N–H and O–H groups in total. The molecule has 1 aromatic heterocycles. The Hall–Kier alpha value is -2.50. The van der Waals surface area contributed by atoms with Gasteiger partial charge in [-0.3, -0.25) is 4.79 Å². The zero-order chi connectivity index (χ0) is 18.1. The van der Waals surface area contributed by atoms with Gasteiger partial charge in [-0.1, -0.05) is 12.1 Å². The average Bonchev–Trinajstić information content (AvgIpc) is 3.08. The van der Waals surface area contributed by atoms with Crippen molar-refractivity contribution in [2.45, 2.75) is 31.7 Å². The fourth-order valence-corrected chi connectivity index (χ4v) is 4.26. The van der Waals surface area contributed by atoms with Crippen LogP contribution in [-0.2, 0) is 11.2 Å². The molecule has 1 saturated heterocycles. The van der Waals surface area contributed by atoms with Crippen LogP contribution < -0.4 is 4.90 Å². The second-order valence-electron chi connectivity index (χ2n) is 7.61. The summed E-state index contributed by atoms with van der Waals surface area (Å²) in [5.74, 6) is 0.817. The van der Waals surface area contributed by atoms with Crippen molar-refractivity contribution in [2.24, 2.45) is 5.41 Å². The number of anilines is 1. The van der Waals surface area contributed by atoms with Crippen molar-refractivity contribution in [1.82, 2.24) is 14.9 Å². The van der Waals surface area contributed by atoms with Crippen molar-refractivity contribution in [3.8, 4) is 0 Å². The summed E-state index contributed by atoms with van der Waals surface area (Å²) in [6.45, 7) is 1.66. The van der Waals surface area contributed by atoms with Gasteiger partial charge in [0.15, 0.2) is 0 Å². The van der Waals surface area contributed by atoms with E-state index in [2.05, 4.69) is 21.9 Å². The van der Waals surface area contributed by atoms with Gasteiger partial charge in [0.25, 0.3) is 0 Å². The molecule has 2 fully saturated rings. The van der Waals surface area contributed by atoms with Gasteiger partial charge in [-0.2, -0.15) is 0 Å². The maximum absolute atomic E-state index is 13.0. The number of aromatic nitrogens is 2. The Labute approximate surface area is 152 Å². The van der Waals surface area contributed by atoms with Crippen molar-refractivity contribution in [3.63, 3.8) is 0 Å². The van der Waals surface area contributed by atoms with Crippen molar-refractivity contribution < 1.29 is 9.18 Å². The minimum absolute atomic E-state index is 0.140. The molecule has 1 aliphatic carbocycles. The molecular formula is C20H23FN4O. The van der Waals surface area contributed by atoms with E-state index in [4.69, 9.17) is 0 Å². The predicted octanol–water partition coefficient (Wildman–Crippen LogP) is 2.68. The second kappa shape index (κ2) is 6.67. The minimum Gasteiger partial charge on any atom is -0.357 e. The van der Waals surface area contributed by atoms with Gasteiger partial charge in [0.1, 0.15) is 18.0 Å². The van der Waals surface area contributed by atoms with Gasteiger partial charge in [-0.05, 0) is 48.4 Å². The number of rotatable bonds is 4. The van der Waals surface area contributed by atoms with Gasteiger partial charge in [-0.25, -0.2) is 14.4 Å². The first kappa shape index (κ1) is 16.9. The first-order chi connectivity index (χ1) is 12.5. The first-order valence-corrected chi connectivity index (χ1v) is 9.06. The summed E-state index contributed by atoms with van der Waals surface area (Å²) in [4.78, 5) is 25.0. The Morgan fingerprint density at radius 1 is 1.31 bits per heavy atom. The third-order valence-electron chi connectivity index (χ3n) is 5.87. The molecule has 5 nitrogen and oxygen atoms in total. The van der Waals surface area contributed by atoms with E-state index in [1.807, 2.05) is 11.0 Å². The molecule has 0 bridgehead atoms. The second-order valence-corrected chi connectivity index (χ2v) is 7.61. The molecule has 6 heteroatoms. The third-order valence-corrected chi connectivity index (χ3v) is 5.87. The summed E-state index contributed by atoms with van der Waals surface area (Å²) in [7, 11) is 2.08. The van der Waals surface area contributed by atoms with Crippen LogP contribution in [0.2, 0.25) is 0 Å². The number of hydrogen-bond donors (Lipinski definition) is 0. The van der Waals surface area contributed by atoms with Crippen LogP contribution in [0.3, 0.4) is 0 Å².